The fourth-order valence-corrected chi connectivity index (χ4v) is 5.99. The Morgan fingerprint density at radius 1 is 0.929 bits per heavy atom. The molecular formula is C30H35Cl2N3O6S. The minimum Gasteiger partial charge on any atom is -0.497 e. The average Bonchev–Trinajstić information content (AvgIpc) is 2.97. The highest BCUT2D eigenvalue weighted by atomic mass is 35.5. The van der Waals surface area contributed by atoms with Crippen LogP contribution in [0.5, 0.6) is 11.5 Å². The molecule has 42 heavy (non-hydrogen) atoms. The van der Waals surface area contributed by atoms with Gasteiger partial charge >= 0.3 is 0 Å². The average molecular weight is 637 g/mol. The summed E-state index contributed by atoms with van der Waals surface area (Å²) in [5.74, 6) is -0.106. The van der Waals surface area contributed by atoms with Crippen molar-refractivity contribution in [2.24, 2.45) is 5.92 Å². The molecule has 0 aliphatic heterocycles. The molecule has 1 N–H and O–H groups in total. The standard InChI is InChI=1S/C30H35Cl2N3O6S/c1-20(2)17-33-30(37)21(3)34(18-22-10-11-23(31)16-26(22)32)29(36)19-35(27-8-6-7-9-28(27)41-5)42(38,39)25-14-12-24(40-4)13-15-25/h6-16,20-21H,17-19H2,1-5H3,(H,33,37)/t21-/m1/s1. The van der Waals surface area contributed by atoms with E-state index < -0.39 is 28.5 Å². The summed E-state index contributed by atoms with van der Waals surface area (Å²) in [6.45, 7) is 5.22. The molecule has 0 unspecified atom stereocenters. The zero-order chi connectivity index (χ0) is 31.0. The van der Waals surface area contributed by atoms with E-state index in [0.29, 0.717) is 27.9 Å². The van der Waals surface area contributed by atoms with Crippen LogP contribution in [-0.4, -0.2) is 58.5 Å². The van der Waals surface area contributed by atoms with Gasteiger partial charge in [-0.1, -0.05) is 55.2 Å². The van der Waals surface area contributed by atoms with Gasteiger partial charge in [0, 0.05) is 23.1 Å². The number of carbonyl (C=O) groups excluding carboxylic acids is 2. The topological polar surface area (TPSA) is 105 Å². The van der Waals surface area contributed by atoms with Gasteiger partial charge in [-0.15, -0.1) is 0 Å². The number of hydrogen-bond acceptors (Lipinski definition) is 6. The van der Waals surface area contributed by atoms with Crippen molar-refractivity contribution >= 4 is 50.7 Å². The van der Waals surface area contributed by atoms with Crippen LogP contribution in [0.3, 0.4) is 0 Å². The van der Waals surface area contributed by atoms with Crippen LogP contribution in [0.4, 0.5) is 5.69 Å². The van der Waals surface area contributed by atoms with Crippen molar-refractivity contribution < 1.29 is 27.5 Å². The van der Waals surface area contributed by atoms with Crippen molar-refractivity contribution in [3.63, 3.8) is 0 Å². The molecule has 3 rings (SSSR count). The van der Waals surface area contributed by atoms with Gasteiger partial charge in [-0.3, -0.25) is 13.9 Å². The van der Waals surface area contributed by atoms with Gasteiger partial charge in [0.25, 0.3) is 10.0 Å². The molecule has 9 nitrogen and oxygen atoms in total. The molecule has 0 radical (unpaired) electrons. The van der Waals surface area contributed by atoms with Crippen LogP contribution in [0.15, 0.2) is 71.6 Å². The molecule has 0 spiro atoms. The van der Waals surface area contributed by atoms with Gasteiger partial charge in [-0.05, 0) is 66.9 Å². The first kappa shape index (κ1) is 33.0. The minimum atomic E-state index is -4.29. The number of sulfonamides is 1. The molecule has 0 fully saturated rings. The SMILES string of the molecule is COc1ccc(S(=O)(=O)N(CC(=O)N(Cc2ccc(Cl)cc2Cl)[C@H](C)C(=O)NCC(C)C)c2ccccc2OC)cc1. The van der Waals surface area contributed by atoms with Crippen LogP contribution in [0.1, 0.15) is 26.3 Å². The number of benzene rings is 3. The van der Waals surface area contributed by atoms with E-state index in [4.69, 9.17) is 32.7 Å². The van der Waals surface area contributed by atoms with Crippen LogP contribution >= 0.6 is 23.2 Å². The van der Waals surface area contributed by atoms with Crippen molar-refractivity contribution in [1.82, 2.24) is 10.2 Å². The van der Waals surface area contributed by atoms with E-state index in [-0.39, 0.29) is 34.7 Å². The first-order chi connectivity index (χ1) is 19.9. The van der Waals surface area contributed by atoms with Crippen LogP contribution < -0.4 is 19.1 Å². The number of rotatable bonds is 13. The lowest BCUT2D eigenvalue weighted by atomic mass is 10.1. The smallest absolute Gasteiger partial charge is 0.264 e. The third-order valence-electron chi connectivity index (χ3n) is 6.49. The molecule has 0 saturated carbocycles. The molecule has 1 atom stereocenters. The van der Waals surface area contributed by atoms with E-state index in [9.17, 15) is 18.0 Å². The summed E-state index contributed by atoms with van der Waals surface area (Å²) in [6, 6.07) is 16.2. The van der Waals surface area contributed by atoms with Crippen molar-refractivity contribution in [2.75, 3.05) is 31.6 Å². The molecule has 2 amide bonds. The minimum absolute atomic E-state index is 0.0583. The summed E-state index contributed by atoms with van der Waals surface area (Å²) in [4.78, 5) is 28.5. The molecule has 3 aromatic rings. The molecule has 0 heterocycles. The highest BCUT2D eigenvalue weighted by Gasteiger charge is 2.34. The fourth-order valence-electron chi connectivity index (χ4n) is 4.09. The summed E-state index contributed by atoms with van der Waals surface area (Å²) in [6.07, 6.45) is 0. The summed E-state index contributed by atoms with van der Waals surface area (Å²) < 4.78 is 39.7. The number of hydrogen-bond donors (Lipinski definition) is 1. The van der Waals surface area contributed by atoms with Crippen molar-refractivity contribution in [3.8, 4) is 11.5 Å². The number of ether oxygens (including phenoxy) is 2. The number of anilines is 1. The number of carbonyl (C=O) groups is 2. The molecule has 12 heteroatoms. The van der Waals surface area contributed by atoms with Gasteiger partial charge in [0.05, 0.1) is 24.8 Å². The van der Waals surface area contributed by atoms with Gasteiger partial charge in [0.2, 0.25) is 11.8 Å². The van der Waals surface area contributed by atoms with E-state index in [0.717, 1.165) is 4.31 Å². The highest BCUT2D eigenvalue weighted by molar-refractivity contribution is 7.92. The van der Waals surface area contributed by atoms with E-state index in [1.165, 1.54) is 43.4 Å². The fraction of sp³-hybridized carbons (Fsp3) is 0.333. The van der Waals surface area contributed by atoms with E-state index >= 15 is 0 Å². The highest BCUT2D eigenvalue weighted by Crippen LogP contribution is 2.33. The third kappa shape index (κ3) is 8.08. The first-order valence-corrected chi connectivity index (χ1v) is 15.4. The Balaban J connectivity index is 2.07. The predicted octanol–water partition coefficient (Wildman–Crippen LogP) is 5.40. The summed E-state index contributed by atoms with van der Waals surface area (Å²) in [5, 5.41) is 3.57. The number of para-hydroxylation sites is 2. The molecule has 0 aliphatic rings. The molecule has 0 aliphatic carbocycles. The second kappa shape index (κ2) is 14.6. The molecular weight excluding hydrogens is 601 g/mol. The van der Waals surface area contributed by atoms with Crippen molar-refractivity contribution in [2.45, 2.75) is 38.3 Å². The molecule has 0 aromatic heterocycles. The predicted molar refractivity (Wildman–Crippen MR) is 165 cm³/mol. The van der Waals surface area contributed by atoms with Crippen LogP contribution in [-0.2, 0) is 26.2 Å². The Labute approximate surface area is 257 Å². The molecule has 0 bridgehead atoms. The van der Waals surface area contributed by atoms with Crippen LogP contribution in [0.25, 0.3) is 0 Å². The maximum atomic E-state index is 14.1. The Hall–Kier alpha value is -3.47. The normalized spacial score (nSPS) is 12.0. The molecule has 0 saturated heterocycles. The maximum Gasteiger partial charge on any atom is 0.264 e. The largest absolute Gasteiger partial charge is 0.497 e. The number of amides is 2. The van der Waals surface area contributed by atoms with E-state index in [1.807, 2.05) is 13.8 Å². The van der Waals surface area contributed by atoms with E-state index in [2.05, 4.69) is 5.32 Å². The summed E-state index contributed by atoms with van der Waals surface area (Å²) in [7, 11) is -1.40. The zero-order valence-electron chi connectivity index (χ0n) is 24.1. The van der Waals surface area contributed by atoms with Crippen molar-refractivity contribution in [1.29, 1.82) is 0 Å². The lowest BCUT2D eigenvalue weighted by molar-refractivity contribution is -0.139. The summed E-state index contributed by atoms with van der Waals surface area (Å²) in [5.41, 5.74) is 0.699. The van der Waals surface area contributed by atoms with Gasteiger partial charge < -0.3 is 19.7 Å². The van der Waals surface area contributed by atoms with Gasteiger partial charge in [-0.2, -0.15) is 0 Å². The Morgan fingerprint density at radius 3 is 2.19 bits per heavy atom. The second-order valence-corrected chi connectivity index (χ2v) is 12.6. The second-order valence-electron chi connectivity index (χ2n) is 9.93. The Bertz CT molecular complexity index is 1500. The number of methoxy groups -OCH3 is 2. The number of nitrogens with zero attached hydrogens (tertiary/aromatic N) is 2. The van der Waals surface area contributed by atoms with Gasteiger partial charge in [-0.25, -0.2) is 8.42 Å². The van der Waals surface area contributed by atoms with Crippen LogP contribution in [0.2, 0.25) is 10.0 Å². The maximum absolute atomic E-state index is 14.1. The monoisotopic (exact) mass is 635 g/mol. The number of nitrogens with one attached hydrogen (secondary N) is 1. The Morgan fingerprint density at radius 2 is 1.60 bits per heavy atom. The lowest BCUT2D eigenvalue weighted by Gasteiger charge is -2.32. The first-order valence-electron chi connectivity index (χ1n) is 13.2. The van der Waals surface area contributed by atoms with Gasteiger partial charge in [0.1, 0.15) is 24.1 Å². The van der Waals surface area contributed by atoms with Crippen molar-refractivity contribution in [3.05, 3.63) is 82.3 Å². The van der Waals surface area contributed by atoms with Gasteiger partial charge in [0.15, 0.2) is 0 Å². The van der Waals surface area contributed by atoms with Crippen LogP contribution in [0, 0.1) is 5.92 Å². The third-order valence-corrected chi connectivity index (χ3v) is 8.85. The Kier molecular flexibility index (Phi) is 11.5. The molecule has 226 valence electrons. The lowest BCUT2D eigenvalue weighted by Crippen LogP contribution is -2.51. The summed E-state index contributed by atoms with van der Waals surface area (Å²) >= 11 is 12.5. The quantitative estimate of drug-likeness (QED) is 0.270. The molecule has 3 aromatic carbocycles. The van der Waals surface area contributed by atoms with E-state index in [1.54, 1.807) is 49.4 Å². The number of halogens is 2. The zero-order valence-corrected chi connectivity index (χ0v) is 26.5.